The Balaban J connectivity index is 0.000000223. The topological polar surface area (TPSA) is 3.24 Å². The van der Waals surface area contributed by atoms with Gasteiger partial charge in [-0.05, 0) is 44.4 Å². The molecule has 0 aromatic carbocycles. The molecule has 0 radical (unpaired) electrons. The van der Waals surface area contributed by atoms with E-state index in [2.05, 4.69) is 35.7 Å². The summed E-state index contributed by atoms with van der Waals surface area (Å²) in [5.41, 5.74) is 0. The summed E-state index contributed by atoms with van der Waals surface area (Å²) in [6.45, 7) is 10.1. The smallest absolute Gasteiger partial charge is 0.00997 e. The molecule has 0 N–H and O–H groups in total. The van der Waals surface area contributed by atoms with Crippen LogP contribution in [0.4, 0.5) is 0 Å². The van der Waals surface area contributed by atoms with Crippen molar-refractivity contribution < 1.29 is 0 Å². The lowest BCUT2D eigenvalue weighted by atomic mass is 10.5. The Morgan fingerprint density at radius 1 is 0.923 bits per heavy atom. The highest BCUT2D eigenvalue weighted by Gasteiger charge is 1.89. The molecular formula is C9H18I3N. The van der Waals surface area contributed by atoms with Crippen molar-refractivity contribution in [1.82, 2.24) is 4.90 Å². The predicted molar refractivity (Wildman–Crippen MR) is 93.7 cm³/mol. The second-order valence-corrected chi connectivity index (χ2v) is 15.3. The fourth-order valence-corrected chi connectivity index (χ4v) is 20.7. The molecule has 0 unspecified atom stereocenters. The van der Waals surface area contributed by atoms with Crippen molar-refractivity contribution in [3.8, 4) is 0 Å². The van der Waals surface area contributed by atoms with Gasteiger partial charge in [-0.15, -0.1) is 0 Å². The van der Waals surface area contributed by atoms with Crippen LogP contribution in [0, 0.1) is 0 Å². The summed E-state index contributed by atoms with van der Waals surface area (Å²) in [4.78, 5) is 2.38. The van der Waals surface area contributed by atoms with Crippen LogP contribution in [0.2, 0.25) is 0 Å². The molecule has 4 heteroatoms. The van der Waals surface area contributed by atoms with Crippen LogP contribution in [0.1, 0.15) is 20.8 Å². The van der Waals surface area contributed by atoms with E-state index in [1.165, 1.54) is 19.6 Å². The predicted octanol–water partition coefficient (Wildman–Crippen LogP) is 3.54. The van der Waals surface area contributed by atoms with Crippen LogP contribution < -0.4 is 0 Å². The molecule has 0 spiro atoms. The van der Waals surface area contributed by atoms with E-state index in [1.54, 1.807) is 0 Å². The standard InChI is InChI=1S/C6H15N.C3H3I3/c1-4-7(5-2)6-3;1-2-5-6-3-4-1/h4-6H2,1-3H3;1-3H. The molecule has 0 saturated carbocycles. The first-order valence-electron chi connectivity index (χ1n) is 4.42. The Hall–Kier alpha value is 1.76. The summed E-state index contributed by atoms with van der Waals surface area (Å²) < 4.78 is 7.42. The lowest BCUT2D eigenvalue weighted by Gasteiger charge is -2.13. The molecule has 1 nitrogen and oxygen atoms in total. The quantitative estimate of drug-likeness (QED) is 0.515. The molecule has 1 heterocycles. The molecule has 0 bridgehead atoms. The van der Waals surface area contributed by atoms with Gasteiger partial charge in [0.25, 0.3) is 0 Å². The van der Waals surface area contributed by atoms with Crippen LogP contribution >= 0.6 is 54.2 Å². The first-order chi connectivity index (χ1) is 6.35. The molecule has 0 aliphatic carbocycles. The zero-order valence-electron chi connectivity index (χ0n) is 8.43. The van der Waals surface area contributed by atoms with Crippen molar-refractivity contribution in [3.05, 3.63) is 0 Å². The third-order valence-electron chi connectivity index (χ3n) is 1.64. The first-order valence-corrected chi connectivity index (χ1v) is 15.7. The van der Waals surface area contributed by atoms with Crippen LogP contribution in [0.25, 0.3) is 0 Å². The molecular weight excluding hydrogens is 503 g/mol. The number of nitrogens with zero attached hydrogens (tertiary/aromatic N) is 1. The second kappa shape index (κ2) is 11.8. The minimum atomic E-state index is 0.486. The van der Waals surface area contributed by atoms with Crippen molar-refractivity contribution in [2.45, 2.75) is 20.8 Å². The van der Waals surface area contributed by atoms with Gasteiger partial charge in [0.1, 0.15) is 0 Å². The summed E-state index contributed by atoms with van der Waals surface area (Å²) in [6, 6.07) is 0. The van der Waals surface area contributed by atoms with E-state index >= 15 is 0 Å². The van der Waals surface area contributed by atoms with E-state index in [0.717, 1.165) is 0 Å². The zero-order chi connectivity index (χ0) is 9.94. The van der Waals surface area contributed by atoms with Crippen molar-refractivity contribution in [3.63, 3.8) is 0 Å². The maximum Gasteiger partial charge on any atom is 0.00997 e. The Kier molecular flexibility index (Phi) is 13.4. The SMILES string of the molecule is C1=IC=II=C1.CCN(CC)CC. The number of hydrogen-bond acceptors (Lipinski definition) is 1. The summed E-state index contributed by atoms with van der Waals surface area (Å²) in [6.07, 6.45) is 0. The van der Waals surface area contributed by atoms with Crippen LogP contribution in [-0.2, 0) is 0 Å². The third-order valence-corrected chi connectivity index (χ3v) is 19.8. The van der Waals surface area contributed by atoms with Crippen molar-refractivity contribution in [2.24, 2.45) is 0 Å². The molecule has 1 rings (SSSR count). The third kappa shape index (κ3) is 10.1. The summed E-state index contributed by atoms with van der Waals surface area (Å²) in [5.74, 6) is 0. The molecule has 0 amide bonds. The van der Waals surface area contributed by atoms with Gasteiger partial charge in [-0.25, -0.2) is 0 Å². The largest absolute Gasteiger partial charge is 0.304 e. The molecule has 0 aromatic rings. The van der Waals surface area contributed by atoms with Crippen molar-refractivity contribution in [2.75, 3.05) is 19.6 Å². The molecule has 0 atom stereocenters. The normalized spacial score (nSPS) is 14.8. The van der Waals surface area contributed by atoms with Crippen molar-refractivity contribution >= 4 is 64.3 Å². The van der Waals surface area contributed by atoms with E-state index in [0.29, 0.717) is 54.2 Å². The molecule has 0 saturated heterocycles. The minimum Gasteiger partial charge on any atom is -0.304 e. The lowest BCUT2D eigenvalue weighted by Crippen LogP contribution is -2.21. The fraction of sp³-hybridized carbons (Fsp3) is 0.667. The van der Waals surface area contributed by atoms with Crippen LogP contribution in [0.15, 0.2) is 0 Å². The average Bonchev–Trinajstić information content (AvgIpc) is 2.24. The zero-order valence-corrected chi connectivity index (χ0v) is 14.9. The molecule has 0 fully saturated rings. The molecule has 1 aliphatic heterocycles. The number of hydrogen-bond donors (Lipinski definition) is 0. The fourth-order valence-electron chi connectivity index (χ4n) is 0.807. The van der Waals surface area contributed by atoms with Crippen LogP contribution in [0.3, 0.4) is 0 Å². The summed E-state index contributed by atoms with van der Waals surface area (Å²) in [7, 11) is 0. The van der Waals surface area contributed by atoms with E-state index < -0.39 is 0 Å². The van der Waals surface area contributed by atoms with Crippen LogP contribution in [0.5, 0.6) is 0 Å². The highest BCUT2D eigenvalue weighted by Crippen LogP contribution is 2.21. The molecule has 13 heavy (non-hydrogen) atoms. The molecule has 0 aromatic heterocycles. The number of rotatable bonds is 3. The first kappa shape index (κ1) is 14.8. The Bertz CT molecular complexity index is 142. The summed E-state index contributed by atoms with van der Waals surface area (Å²) in [5, 5.41) is 0. The van der Waals surface area contributed by atoms with Gasteiger partial charge in [-0.2, -0.15) is 0 Å². The van der Waals surface area contributed by atoms with Gasteiger partial charge in [0.05, 0.1) is 0 Å². The number of halogens is 3. The Labute approximate surface area is 108 Å². The van der Waals surface area contributed by atoms with Gasteiger partial charge in [0, 0.05) is 2.02 Å². The maximum absolute atomic E-state index is 2.57. The van der Waals surface area contributed by atoms with Gasteiger partial charge in [-0.1, -0.05) is 58.3 Å². The van der Waals surface area contributed by atoms with Gasteiger partial charge < -0.3 is 4.90 Å². The van der Waals surface area contributed by atoms with Crippen molar-refractivity contribution in [1.29, 1.82) is 0 Å². The van der Waals surface area contributed by atoms with Gasteiger partial charge in [0.2, 0.25) is 0 Å². The molecule has 1 aliphatic rings. The van der Waals surface area contributed by atoms with E-state index in [9.17, 15) is 0 Å². The minimum absolute atomic E-state index is 0.486. The van der Waals surface area contributed by atoms with Crippen LogP contribution in [-0.4, -0.2) is 34.6 Å². The maximum atomic E-state index is 2.57. The highest BCUT2D eigenvalue weighted by atomic mass is 128. The van der Waals surface area contributed by atoms with Gasteiger partial charge in [0.15, 0.2) is 0 Å². The van der Waals surface area contributed by atoms with E-state index in [-0.39, 0.29) is 0 Å². The van der Waals surface area contributed by atoms with Gasteiger partial charge >= 0.3 is 0 Å². The molecule has 80 valence electrons. The van der Waals surface area contributed by atoms with E-state index in [4.69, 9.17) is 0 Å². The monoisotopic (exact) mass is 521 g/mol. The summed E-state index contributed by atoms with van der Waals surface area (Å²) >= 11 is 1.76. The highest BCUT2D eigenvalue weighted by molar-refractivity contribution is 15.1. The Morgan fingerprint density at radius 2 is 1.54 bits per heavy atom. The van der Waals surface area contributed by atoms with Gasteiger partial charge in [-0.3, -0.25) is 0 Å². The van der Waals surface area contributed by atoms with E-state index in [1.807, 2.05) is 0 Å². The average molecular weight is 521 g/mol. The lowest BCUT2D eigenvalue weighted by molar-refractivity contribution is 0.321. The second-order valence-electron chi connectivity index (χ2n) is 2.24. The Morgan fingerprint density at radius 3 is 1.62 bits per heavy atom.